The van der Waals surface area contributed by atoms with Crippen LogP contribution in [0.3, 0.4) is 0 Å². The van der Waals surface area contributed by atoms with Crippen LogP contribution in [-0.4, -0.2) is 24.1 Å². The molecule has 0 saturated heterocycles. The van der Waals surface area contributed by atoms with E-state index >= 15 is 0 Å². The van der Waals surface area contributed by atoms with Gasteiger partial charge in [0.2, 0.25) is 0 Å². The van der Waals surface area contributed by atoms with E-state index in [9.17, 15) is 4.79 Å². The van der Waals surface area contributed by atoms with Crippen molar-refractivity contribution < 1.29 is 9.53 Å². The molecule has 222 valence electrons. The Morgan fingerprint density at radius 2 is 0.757 bits per heavy atom. The summed E-state index contributed by atoms with van der Waals surface area (Å²) < 4.78 is 5.42. The van der Waals surface area contributed by atoms with Crippen LogP contribution in [0.1, 0.15) is 194 Å². The summed E-state index contributed by atoms with van der Waals surface area (Å²) in [6, 6.07) is 0. The number of hydrogen-bond donors (Lipinski definition) is 0. The molecule has 0 aromatic carbocycles. The van der Waals surface area contributed by atoms with Crippen molar-refractivity contribution >= 4 is 17.7 Å². The summed E-state index contributed by atoms with van der Waals surface area (Å²) in [6.45, 7) is 5.20. The van der Waals surface area contributed by atoms with Crippen LogP contribution in [0.4, 0.5) is 0 Å². The van der Waals surface area contributed by atoms with Crippen LogP contribution in [-0.2, 0) is 9.53 Å². The molecule has 0 N–H and O–H groups in total. The maximum atomic E-state index is 11.9. The molecule has 0 heterocycles. The minimum Gasteiger partial charge on any atom is -0.466 e. The van der Waals surface area contributed by atoms with Crippen LogP contribution < -0.4 is 0 Å². The van der Waals surface area contributed by atoms with E-state index < -0.39 is 0 Å². The van der Waals surface area contributed by atoms with Crippen molar-refractivity contribution in [2.45, 2.75) is 194 Å². The topological polar surface area (TPSA) is 26.3 Å². The first-order valence-corrected chi connectivity index (χ1v) is 18.2. The standard InChI is InChI=1S/C34H68O2S/c1-3-5-7-9-11-13-15-17-18-19-20-22-24-26-28-31-36-34(35)30-33-37-32-29-27-25-23-21-16-14-12-10-8-6-4-2/h3-33H2,1-2H3. The highest BCUT2D eigenvalue weighted by Crippen LogP contribution is 2.15. The molecule has 0 aliphatic heterocycles. The third-order valence-electron chi connectivity index (χ3n) is 7.60. The summed E-state index contributed by atoms with van der Waals surface area (Å²) in [4.78, 5) is 11.9. The lowest BCUT2D eigenvalue weighted by Gasteiger charge is -2.06. The van der Waals surface area contributed by atoms with E-state index in [2.05, 4.69) is 13.8 Å². The molecule has 0 saturated carbocycles. The Bertz CT molecular complexity index is 426. The maximum absolute atomic E-state index is 11.9. The fraction of sp³-hybridized carbons (Fsp3) is 0.971. The monoisotopic (exact) mass is 540 g/mol. The van der Waals surface area contributed by atoms with Crippen molar-refractivity contribution in [2.24, 2.45) is 0 Å². The molecule has 37 heavy (non-hydrogen) atoms. The van der Waals surface area contributed by atoms with Gasteiger partial charge in [0, 0.05) is 5.75 Å². The maximum Gasteiger partial charge on any atom is 0.306 e. The fourth-order valence-corrected chi connectivity index (χ4v) is 5.96. The molecule has 0 rings (SSSR count). The van der Waals surface area contributed by atoms with Gasteiger partial charge in [-0.1, -0.05) is 174 Å². The third-order valence-corrected chi connectivity index (χ3v) is 8.67. The van der Waals surface area contributed by atoms with Crippen LogP contribution in [0.15, 0.2) is 0 Å². The molecule has 0 unspecified atom stereocenters. The SMILES string of the molecule is CCCCCCCCCCCCCCCCCOC(=O)CCSCCCCCCCCCCCCCC. The smallest absolute Gasteiger partial charge is 0.306 e. The first-order valence-electron chi connectivity index (χ1n) is 17.0. The summed E-state index contributed by atoms with van der Waals surface area (Å²) in [6.07, 6.45) is 37.9. The number of thioether (sulfide) groups is 1. The van der Waals surface area contributed by atoms with Crippen molar-refractivity contribution in [3.8, 4) is 0 Å². The zero-order valence-corrected chi connectivity index (χ0v) is 26.5. The number of ether oxygens (including phenoxy) is 1. The second kappa shape index (κ2) is 33.8. The van der Waals surface area contributed by atoms with Gasteiger partial charge in [-0.2, -0.15) is 11.8 Å². The van der Waals surface area contributed by atoms with E-state index in [1.54, 1.807) is 0 Å². The predicted octanol–water partition coefficient (Wildman–Crippen LogP) is 12.2. The Hall–Kier alpha value is -0.180. The van der Waals surface area contributed by atoms with E-state index in [4.69, 9.17) is 4.74 Å². The quantitative estimate of drug-likeness (QED) is 0.0626. The van der Waals surface area contributed by atoms with Gasteiger partial charge in [0.15, 0.2) is 0 Å². The van der Waals surface area contributed by atoms with E-state index in [0.29, 0.717) is 13.0 Å². The third kappa shape index (κ3) is 33.8. The van der Waals surface area contributed by atoms with Gasteiger partial charge >= 0.3 is 5.97 Å². The van der Waals surface area contributed by atoms with E-state index in [1.807, 2.05) is 11.8 Å². The Morgan fingerprint density at radius 3 is 1.14 bits per heavy atom. The molecular formula is C34H68O2S. The average Bonchev–Trinajstić information content (AvgIpc) is 2.90. The molecule has 0 fully saturated rings. The largest absolute Gasteiger partial charge is 0.466 e. The highest BCUT2D eigenvalue weighted by atomic mass is 32.2. The molecule has 0 spiro atoms. The second-order valence-electron chi connectivity index (χ2n) is 11.4. The molecule has 0 amide bonds. The normalized spacial score (nSPS) is 11.3. The zero-order valence-electron chi connectivity index (χ0n) is 25.6. The van der Waals surface area contributed by atoms with Crippen LogP contribution >= 0.6 is 11.8 Å². The van der Waals surface area contributed by atoms with E-state index in [0.717, 1.165) is 12.2 Å². The zero-order chi connectivity index (χ0) is 26.9. The lowest BCUT2D eigenvalue weighted by atomic mass is 10.0. The molecule has 2 nitrogen and oxygen atoms in total. The van der Waals surface area contributed by atoms with Crippen LogP contribution in [0.5, 0.6) is 0 Å². The van der Waals surface area contributed by atoms with Gasteiger partial charge in [-0.3, -0.25) is 4.79 Å². The number of esters is 1. The minimum atomic E-state index is 0.00700. The highest BCUT2D eigenvalue weighted by Gasteiger charge is 2.03. The summed E-state index contributed by atoms with van der Waals surface area (Å²) in [5.74, 6) is 2.13. The van der Waals surface area contributed by atoms with Crippen molar-refractivity contribution in [3.05, 3.63) is 0 Å². The molecule has 0 atom stereocenters. The van der Waals surface area contributed by atoms with Gasteiger partial charge in [0.05, 0.1) is 13.0 Å². The van der Waals surface area contributed by atoms with Gasteiger partial charge in [-0.05, 0) is 18.6 Å². The first kappa shape index (κ1) is 36.8. The predicted molar refractivity (Wildman–Crippen MR) is 169 cm³/mol. The van der Waals surface area contributed by atoms with E-state index in [-0.39, 0.29) is 5.97 Å². The van der Waals surface area contributed by atoms with Gasteiger partial charge in [0.1, 0.15) is 0 Å². The molecule has 0 aliphatic rings. The molecule has 0 aromatic rings. The lowest BCUT2D eigenvalue weighted by molar-refractivity contribution is -0.143. The summed E-state index contributed by atoms with van der Waals surface area (Å²) >= 11 is 1.93. The van der Waals surface area contributed by atoms with Crippen molar-refractivity contribution in [2.75, 3.05) is 18.1 Å². The highest BCUT2D eigenvalue weighted by molar-refractivity contribution is 7.99. The van der Waals surface area contributed by atoms with Crippen LogP contribution in [0, 0.1) is 0 Å². The number of rotatable bonds is 32. The summed E-state index contributed by atoms with van der Waals surface area (Å²) in [5, 5.41) is 0. The Labute approximate surface area is 238 Å². The van der Waals surface area contributed by atoms with Gasteiger partial charge in [-0.25, -0.2) is 0 Å². The van der Waals surface area contributed by atoms with Gasteiger partial charge < -0.3 is 4.74 Å². The van der Waals surface area contributed by atoms with Crippen molar-refractivity contribution in [3.63, 3.8) is 0 Å². The molecular weight excluding hydrogens is 472 g/mol. The average molecular weight is 541 g/mol. The van der Waals surface area contributed by atoms with Gasteiger partial charge in [0.25, 0.3) is 0 Å². The molecule has 0 bridgehead atoms. The Balaban J connectivity index is 3.14. The van der Waals surface area contributed by atoms with Crippen molar-refractivity contribution in [1.29, 1.82) is 0 Å². The molecule has 0 aliphatic carbocycles. The second-order valence-corrected chi connectivity index (χ2v) is 12.6. The molecule has 0 radical (unpaired) electrons. The molecule has 0 aromatic heterocycles. The lowest BCUT2D eigenvalue weighted by Crippen LogP contribution is -2.07. The summed E-state index contributed by atoms with van der Waals surface area (Å²) in [7, 11) is 0. The Kier molecular flexibility index (Phi) is 33.7. The minimum absolute atomic E-state index is 0.00700. The summed E-state index contributed by atoms with van der Waals surface area (Å²) in [5.41, 5.74) is 0. The number of hydrogen-bond acceptors (Lipinski definition) is 3. The van der Waals surface area contributed by atoms with Gasteiger partial charge in [-0.15, -0.1) is 0 Å². The van der Waals surface area contributed by atoms with Crippen molar-refractivity contribution in [1.82, 2.24) is 0 Å². The Morgan fingerprint density at radius 1 is 0.432 bits per heavy atom. The number of carbonyl (C=O) groups is 1. The first-order chi connectivity index (χ1) is 18.3. The molecule has 3 heteroatoms. The fourth-order valence-electron chi connectivity index (χ4n) is 5.03. The van der Waals surface area contributed by atoms with Crippen LogP contribution in [0.2, 0.25) is 0 Å². The van der Waals surface area contributed by atoms with Crippen LogP contribution in [0.25, 0.3) is 0 Å². The number of carbonyl (C=O) groups excluding carboxylic acids is 1. The number of unbranched alkanes of at least 4 members (excludes halogenated alkanes) is 25. The van der Waals surface area contributed by atoms with E-state index in [1.165, 1.54) is 173 Å².